The summed E-state index contributed by atoms with van der Waals surface area (Å²) in [6.07, 6.45) is 0. The molecular formula is C20H16ClN2O4P. The molecule has 0 aliphatic carbocycles. The fourth-order valence-electron chi connectivity index (χ4n) is 2.84. The highest BCUT2D eigenvalue weighted by molar-refractivity contribution is 7.39. The molecule has 6 nitrogen and oxygen atoms in total. The van der Waals surface area contributed by atoms with Crippen LogP contribution in [0.5, 0.6) is 17.5 Å². The van der Waals surface area contributed by atoms with Gasteiger partial charge in [-0.15, -0.1) is 0 Å². The summed E-state index contributed by atoms with van der Waals surface area (Å²) in [5.74, 6) is 0.782. The van der Waals surface area contributed by atoms with E-state index in [0.29, 0.717) is 22.5 Å². The average molecular weight is 415 g/mol. The number of rotatable bonds is 5. The number of aryl methyl sites for hydroxylation is 1. The smallest absolute Gasteiger partial charge is 0.391 e. The van der Waals surface area contributed by atoms with Crippen molar-refractivity contribution >= 4 is 31.2 Å². The Hall–Kier alpha value is -2.63. The van der Waals surface area contributed by atoms with Crippen molar-refractivity contribution in [1.82, 2.24) is 9.97 Å². The van der Waals surface area contributed by atoms with Crippen molar-refractivity contribution in [3.05, 3.63) is 71.2 Å². The van der Waals surface area contributed by atoms with Crippen molar-refractivity contribution in [3.63, 3.8) is 0 Å². The molecule has 1 heterocycles. The van der Waals surface area contributed by atoms with Crippen LogP contribution in [0.2, 0.25) is 5.02 Å². The quantitative estimate of drug-likeness (QED) is 0.371. The first-order valence-electron chi connectivity index (χ1n) is 8.38. The lowest BCUT2D eigenvalue weighted by Gasteiger charge is -2.10. The molecule has 0 bridgehead atoms. The Balaban J connectivity index is 1.65. The highest BCUT2D eigenvalue weighted by Crippen LogP contribution is 2.36. The SMILES string of the molecule is Cc1ccc(Oc2nc3cc(-c4ccccc4)c(Cl)cc3[nH]2)cc1OP(O)O. The number of nitrogens with zero attached hydrogens (tertiary/aromatic N) is 1. The minimum atomic E-state index is -2.50. The number of hydrogen-bond acceptors (Lipinski definition) is 5. The zero-order valence-corrected chi connectivity index (χ0v) is 16.4. The molecular weight excluding hydrogens is 399 g/mol. The van der Waals surface area contributed by atoms with E-state index in [1.807, 2.05) is 42.5 Å². The van der Waals surface area contributed by atoms with E-state index in [9.17, 15) is 0 Å². The molecule has 0 unspecified atom stereocenters. The summed E-state index contributed by atoms with van der Waals surface area (Å²) in [4.78, 5) is 25.7. The lowest BCUT2D eigenvalue weighted by Crippen LogP contribution is -1.91. The number of fused-ring (bicyclic) bond motifs is 1. The van der Waals surface area contributed by atoms with Gasteiger partial charge in [-0.05, 0) is 36.2 Å². The van der Waals surface area contributed by atoms with E-state index in [0.717, 1.165) is 27.7 Å². The summed E-state index contributed by atoms with van der Waals surface area (Å²) in [6.45, 7) is 1.80. The van der Waals surface area contributed by atoms with Gasteiger partial charge in [-0.2, -0.15) is 4.98 Å². The van der Waals surface area contributed by atoms with E-state index in [4.69, 9.17) is 30.6 Å². The van der Waals surface area contributed by atoms with E-state index in [1.54, 1.807) is 25.1 Å². The van der Waals surface area contributed by atoms with Crippen molar-refractivity contribution in [3.8, 4) is 28.6 Å². The Morgan fingerprint density at radius 1 is 1.04 bits per heavy atom. The van der Waals surface area contributed by atoms with Gasteiger partial charge in [-0.1, -0.05) is 48.0 Å². The van der Waals surface area contributed by atoms with Gasteiger partial charge in [0.2, 0.25) is 0 Å². The van der Waals surface area contributed by atoms with Crippen LogP contribution in [0.3, 0.4) is 0 Å². The minimum absolute atomic E-state index is 0.293. The first-order valence-corrected chi connectivity index (χ1v) is 9.93. The van der Waals surface area contributed by atoms with Gasteiger partial charge in [0.1, 0.15) is 11.5 Å². The number of imidazole rings is 1. The van der Waals surface area contributed by atoms with E-state index >= 15 is 0 Å². The molecule has 1 aromatic heterocycles. The van der Waals surface area contributed by atoms with Gasteiger partial charge >= 0.3 is 8.60 Å². The standard InChI is InChI=1S/C20H16ClN2O4P/c1-12-7-8-14(9-19(12)27-28(24)25)26-20-22-17-10-15(13-5-3-2-4-6-13)16(21)11-18(17)23-20/h2-11,24-25H,1H3,(H,22,23). The number of H-pyrrole nitrogens is 1. The average Bonchev–Trinajstić information content (AvgIpc) is 3.05. The molecule has 3 aromatic carbocycles. The maximum absolute atomic E-state index is 9.08. The van der Waals surface area contributed by atoms with Crippen LogP contribution in [0, 0.1) is 6.92 Å². The Bertz CT molecular complexity index is 1130. The van der Waals surface area contributed by atoms with Gasteiger partial charge in [0.05, 0.1) is 16.1 Å². The Kier molecular flexibility index (Phi) is 5.20. The summed E-state index contributed by atoms with van der Waals surface area (Å²) in [5.41, 5.74) is 4.11. The van der Waals surface area contributed by atoms with E-state index in [1.165, 1.54) is 0 Å². The molecule has 0 spiro atoms. The third-order valence-corrected chi connectivity index (χ3v) is 4.86. The summed E-state index contributed by atoms with van der Waals surface area (Å²) in [7, 11) is -2.50. The van der Waals surface area contributed by atoms with Gasteiger partial charge in [-0.25, -0.2) is 0 Å². The van der Waals surface area contributed by atoms with Crippen LogP contribution in [0.4, 0.5) is 0 Å². The lowest BCUT2D eigenvalue weighted by molar-refractivity contribution is 0.372. The van der Waals surface area contributed by atoms with Crippen LogP contribution >= 0.6 is 20.2 Å². The fraction of sp³-hybridized carbons (Fsp3) is 0.0500. The molecule has 0 saturated heterocycles. The number of benzene rings is 3. The molecule has 8 heteroatoms. The second kappa shape index (κ2) is 7.78. The Morgan fingerprint density at radius 2 is 1.82 bits per heavy atom. The van der Waals surface area contributed by atoms with Crippen LogP contribution in [0.15, 0.2) is 60.7 Å². The van der Waals surface area contributed by atoms with Gasteiger partial charge in [-0.3, -0.25) is 0 Å². The Morgan fingerprint density at radius 3 is 2.57 bits per heavy atom. The molecule has 142 valence electrons. The van der Waals surface area contributed by atoms with Gasteiger partial charge in [0.15, 0.2) is 0 Å². The topological polar surface area (TPSA) is 87.6 Å². The molecule has 0 fully saturated rings. The van der Waals surface area contributed by atoms with Crippen LogP contribution < -0.4 is 9.26 Å². The molecule has 4 aromatic rings. The van der Waals surface area contributed by atoms with Crippen molar-refractivity contribution in [2.45, 2.75) is 6.92 Å². The van der Waals surface area contributed by atoms with Crippen LogP contribution in [-0.2, 0) is 0 Å². The first-order chi connectivity index (χ1) is 13.5. The summed E-state index contributed by atoms with van der Waals surface area (Å²) < 4.78 is 10.8. The fourth-order valence-corrected chi connectivity index (χ4v) is 3.48. The molecule has 0 atom stereocenters. The highest BCUT2D eigenvalue weighted by atomic mass is 35.5. The second-order valence-electron chi connectivity index (χ2n) is 6.13. The van der Waals surface area contributed by atoms with Gasteiger partial charge in [0.25, 0.3) is 6.01 Å². The maximum atomic E-state index is 9.08. The number of halogens is 1. The van der Waals surface area contributed by atoms with E-state index < -0.39 is 8.60 Å². The molecule has 0 saturated carbocycles. The number of aromatic amines is 1. The molecule has 0 aliphatic rings. The molecule has 28 heavy (non-hydrogen) atoms. The third kappa shape index (κ3) is 3.96. The lowest BCUT2D eigenvalue weighted by atomic mass is 10.1. The number of ether oxygens (including phenoxy) is 1. The molecule has 0 aliphatic heterocycles. The summed E-state index contributed by atoms with van der Waals surface area (Å²) in [5, 5.41) is 0.610. The van der Waals surface area contributed by atoms with E-state index in [-0.39, 0.29) is 0 Å². The Labute approximate surface area is 167 Å². The summed E-state index contributed by atoms with van der Waals surface area (Å²) >= 11 is 6.44. The number of nitrogens with one attached hydrogen (secondary N) is 1. The number of aromatic nitrogens is 2. The predicted octanol–water partition coefficient (Wildman–Crippen LogP) is 5.57. The molecule has 0 radical (unpaired) electrons. The largest absolute Gasteiger partial charge is 0.427 e. The molecule has 0 amide bonds. The zero-order valence-electron chi connectivity index (χ0n) is 14.8. The predicted molar refractivity (Wildman–Crippen MR) is 110 cm³/mol. The molecule has 4 rings (SSSR count). The third-order valence-electron chi connectivity index (χ3n) is 4.19. The van der Waals surface area contributed by atoms with Crippen LogP contribution in [0.1, 0.15) is 5.56 Å². The van der Waals surface area contributed by atoms with Gasteiger partial charge in [0, 0.05) is 11.6 Å². The minimum Gasteiger partial charge on any atom is -0.427 e. The van der Waals surface area contributed by atoms with E-state index in [2.05, 4.69) is 9.97 Å². The van der Waals surface area contributed by atoms with Crippen molar-refractivity contribution in [2.75, 3.05) is 0 Å². The van der Waals surface area contributed by atoms with Crippen LogP contribution in [-0.4, -0.2) is 19.8 Å². The van der Waals surface area contributed by atoms with Crippen molar-refractivity contribution < 1.29 is 19.0 Å². The number of hydrogen-bond donors (Lipinski definition) is 3. The molecule has 3 N–H and O–H groups in total. The van der Waals surface area contributed by atoms with Crippen molar-refractivity contribution in [2.24, 2.45) is 0 Å². The normalized spacial score (nSPS) is 11.2. The second-order valence-corrected chi connectivity index (χ2v) is 7.23. The highest BCUT2D eigenvalue weighted by Gasteiger charge is 2.12. The van der Waals surface area contributed by atoms with Gasteiger partial charge < -0.3 is 24.0 Å². The zero-order chi connectivity index (χ0) is 19.7. The van der Waals surface area contributed by atoms with Crippen molar-refractivity contribution in [1.29, 1.82) is 0 Å². The summed E-state index contributed by atoms with van der Waals surface area (Å²) in [6, 6.07) is 18.9. The monoisotopic (exact) mass is 414 g/mol. The maximum Gasteiger partial charge on any atom is 0.391 e. The van der Waals surface area contributed by atoms with Crippen LogP contribution in [0.25, 0.3) is 22.2 Å². The first kappa shape index (κ1) is 18.7.